The predicted molar refractivity (Wildman–Crippen MR) is 122 cm³/mol. The van der Waals surface area contributed by atoms with Crippen LogP contribution in [-0.2, 0) is 21.0 Å². The molecule has 3 aromatic rings. The summed E-state index contributed by atoms with van der Waals surface area (Å²) in [5, 5.41) is 2.72. The van der Waals surface area contributed by atoms with Crippen LogP contribution in [0.2, 0.25) is 10.0 Å². The molecule has 0 heterocycles. The Hall–Kier alpha value is -2.75. The second-order valence-corrected chi connectivity index (χ2v) is 9.81. The average molecular weight is 517 g/mol. The summed E-state index contributed by atoms with van der Waals surface area (Å²) in [7, 11) is -4.21. The molecule has 0 bridgehead atoms. The number of sulfonamides is 1. The van der Waals surface area contributed by atoms with Crippen LogP contribution in [0.15, 0.2) is 71.6 Å². The van der Waals surface area contributed by atoms with E-state index in [1.807, 2.05) is 0 Å². The van der Waals surface area contributed by atoms with E-state index in [1.54, 1.807) is 19.1 Å². The molecule has 0 aliphatic heterocycles. The van der Waals surface area contributed by atoms with Crippen molar-refractivity contribution in [1.82, 2.24) is 0 Å². The van der Waals surface area contributed by atoms with Crippen molar-refractivity contribution < 1.29 is 26.4 Å². The number of hydrogen-bond donors (Lipinski definition) is 1. The minimum absolute atomic E-state index is 0.0515. The molecule has 0 spiro atoms. The molecule has 0 aliphatic rings. The Kier molecular flexibility index (Phi) is 7.26. The first-order chi connectivity index (χ1) is 15.4. The number of nitrogens with zero attached hydrogens (tertiary/aromatic N) is 1. The zero-order valence-corrected chi connectivity index (χ0v) is 19.4. The second kappa shape index (κ2) is 9.62. The third kappa shape index (κ3) is 6.19. The molecule has 174 valence electrons. The first-order valence-corrected chi connectivity index (χ1v) is 11.6. The van der Waals surface area contributed by atoms with Crippen molar-refractivity contribution in [3.63, 3.8) is 0 Å². The highest BCUT2D eigenvalue weighted by molar-refractivity contribution is 7.92. The standard InChI is InChI=1S/C22H17Cl2F3N2O3S/c1-14-2-8-20(9-3-14)33(31,32)29(19-11-16(23)10-17(24)12-19)13-21(30)28-18-6-4-15(5-7-18)22(25,26)27/h2-12H,13H2,1H3,(H,28,30). The summed E-state index contributed by atoms with van der Waals surface area (Å²) in [6.45, 7) is 1.12. The quantitative estimate of drug-likeness (QED) is 0.426. The number of carbonyl (C=O) groups is 1. The smallest absolute Gasteiger partial charge is 0.325 e. The number of aryl methyl sites for hydroxylation is 1. The molecule has 33 heavy (non-hydrogen) atoms. The van der Waals surface area contributed by atoms with Crippen LogP contribution in [0, 0.1) is 6.92 Å². The topological polar surface area (TPSA) is 66.5 Å². The molecule has 1 N–H and O–H groups in total. The molecule has 5 nitrogen and oxygen atoms in total. The van der Waals surface area contributed by atoms with E-state index in [4.69, 9.17) is 23.2 Å². The van der Waals surface area contributed by atoms with Gasteiger partial charge in [-0.05, 0) is 61.5 Å². The first-order valence-electron chi connectivity index (χ1n) is 9.39. The zero-order chi connectivity index (χ0) is 24.4. The van der Waals surface area contributed by atoms with Gasteiger partial charge in [0, 0.05) is 15.7 Å². The summed E-state index contributed by atoms with van der Waals surface area (Å²) in [4.78, 5) is 12.6. The fourth-order valence-corrected chi connectivity index (χ4v) is 4.83. The Morgan fingerprint density at radius 1 is 0.939 bits per heavy atom. The van der Waals surface area contributed by atoms with Gasteiger partial charge < -0.3 is 5.32 Å². The van der Waals surface area contributed by atoms with Crippen molar-refractivity contribution in [2.24, 2.45) is 0 Å². The normalized spacial score (nSPS) is 11.8. The van der Waals surface area contributed by atoms with Gasteiger partial charge in [0.15, 0.2) is 0 Å². The monoisotopic (exact) mass is 516 g/mol. The molecule has 3 aromatic carbocycles. The van der Waals surface area contributed by atoms with Gasteiger partial charge in [0.1, 0.15) is 6.54 Å². The minimum Gasteiger partial charge on any atom is -0.325 e. The highest BCUT2D eigenvalue weighted by Gasteiger charge is 2.30. The number of carbonyl (C=O) groups excluding carboxylic acids is 1. The summed E-state index contributed by atoms with van der Waals surface area (Å²) in [5.41, 5.74) is 0.0874. The maximum atomic E-state index is 13.3. The van der Waals surface area contributed by atoms with Crippen molar-refractivity contribution >= 4 is 50.5 Å². The van der Waals surface area contributed by atoms with Gasteiger partial charge in [-0.3, -0.25) is 9.10 Å². The van der Waals surface area contributed by atoms with E-state index in [2.05, 4.69) is 5.32 Å². The highest BCUT2D eigenvalue weighted by atomic mass is 35.5. The van der Waals surface area contributed by atoms with Crippen LogP contribution in [0.5, 0.6) is 0 Å². The molecule has 1 amide bonds. The van der Waals surface area contributed by atoms with Gasteiger partial charge in [0.2, 0.25) is 5.91 Å². The minimum atomic E-state index is -4.52. The number of alkyl halides is 3. The molecule has 0 atom stereocenters. The predicted octanol–water partition coefficient (Wildman–Crippen LogP) is 6.15. The lowest BCUT2D eigenvalue weighted by Gasteiger charge is -2.24. The van der Waals surface area contributed by atoms with Crippen LogP contribution in [0.25, 0.3) is 0 Å². The number of anilines is 2. The van der Waals surface area contributed by atoms with E-state index in [0.717, 1.165) is 34.1 Å². The summed E-state index contributed by atoms with van der Waals surface area (Å²) in [5.74, 6) is -0.776. The Morgan fingerprint density at radius 2 is 1.48 bits per heavy atom. The maximum Gasteiger partial charge on any atom is 0.416 e. The van der Waals surface area contributed by atoms with E-state index in [-0.39, 0.29) is 26.3 Å². The van der Waals surface area contributed by atoms with Crippen molar-refractivity contribution in [2.45, 2.75) is 18.0 Å². The van der Waals surface area contributed by atoms with Crippen LogP contribution in [0.4, 0.5) is 24.5 Å². The van der Waals surface area contributed by atoms with Gasteiger partial charge in [-0.1, -0.05) is 40.9 Å². The Bertz CT molecular complexity index is 1240. The second-order valence-electron chi connectivity index (χ2n) is 7.08. The number of nitrogens with one attached hydrogen (secondary N) is 1. The van der Waals surface area contributed by atoms with Crippen molar-refractivity contribution in [2.75, 3.05) is 16.2 Å². The fraction of sp³-hybridized carbons (Fsp3) is 0.136. The van der Waals surface area contributed by atoms with Gasteiger partial charge >= 0.3 is 6.18 Å². The third-order valence-electron chi connectivity index (χ3n) is 4.53. The molecule has 0 aliphatic carbocycles. The lowest BCUT2D eigenvalue weighted by atomic mass is 10.2. The Labute approximate surface area is 198 Å². The fourth-order valence-electron chi connectivity index (χ4n) is 2.91. The number of amides is 1. The molecular formula is C22H17Cl2F3N2O3S. The number of benzene rings is 3. The molecule has 0 radical (unpaired) electrons. The molecule has 0 fully saturated rings. The summed E-state index contributed by atoms with van der Waals surface area (Å²) >= 11 is 12.1. The van der Waals surface area contributed by atoms with Crippen LogP contribution in [0.1, 0.15) is 11.1 Å². The largest absolute Gasteiger partial charge is 0.416 e. The molecule has 0 saturated carbocycles. The lowest BCUT2D eigenvalue weighted by Crippen LogP contribution is -2.38. The molecule has 3 rings (SSSR count). The van der Waals surface area contributed by atoms with Gasteiger partial charge in [-0.15, -0.1) is 0 Å². The summed E-state index contributed by atoms with van der Waals surface area (Å²) < 4.78 is 65.7. The molecule has 0 aromatic heterocycles. The average Bonchev–Trinajstić information content (AvgIpc) is 2.71. The lowest BCUT2D eigenvalue weighted by molar-refractivity contribution is -0.137. The van der Waals surface area contributed by atoms with Crippen molar-refractivity contribution in [1.29, 1.82) is 0 Å². The van der Waals surface area contributed by atoms with Crippen molar-refractivity contribution in [3.8, 4) is 0 Å². The molecule has 0 saturated heterocycles. The van der Waals surface area contributed by atoms with Gasteiger partial charge in [-0.25, -0.2) is 8.42 Å². The van der Waals surface area contributed by atoms with E-state index < -0.39 is 34.2 Å². The zero-order valence-electron chi connectivity index (χ0n) is 17.0. The van der Waals surface area contributed by atoms with Crippen LogP contribution < -0.4 is 9.62 Å². The van der Waals surface area contributed by atoms with E-state index in [1.165, 1.54) is 30.3 Å². The first kappa shape index (κ1) is 24.9. The van der Waals surface area contributed by atoms with E-state index >= 15 is 0 Å². The summed E-state index contributed by atoms with van der Waals surface area (Å²) in [6, 6.07) is 13.9. The molecule has 0 unspecified atom stereocenters. The molecular weight excluding hydrogens is 500 g/mol. The Morgan fingerprint density at radius 3 is 2.00 bits per heavy atom. The number of halogens is 5. The van der Waals surface area contributed by atoms with Gasteiger partial charge in [0.25, 0.3) is 10.0 Å². The molecule has 11 heteroatoms. The van der Waals surface area contributed by atoms with Gasteiger partial charge in [-0.2, -0.15) is 13.2 Å². The Balaban J connectivity index is 1.92. The van der Waals surface area contributed by atoms with E-state index in [9.17, 15) is 26.4 Å². The van der Waals surface area contributed by atoms with E-state index in [0.29, 0.717) is 0 Å². The summed E-state index contributed by atoms with van der Waals surface area (Å²) in [6.07, 6.45) is -4.52. The van der Waals surface area contributed by atoms with Crippen LogP contribution in [-0.4, -0.2) is 20.9 Å². The number of rotatable bonds is 6. The van der Waals surface area contributed by atoms with Crippen molar-refractivity contribution in [3.05, 3.63) is 87.9 Å². The maximum absolute atomic E-state index is 13.3. The SMILES string of the molecule is Cc1ccc(S(=O)(=O)N(CC(=O)Nc2ccc(C(F)(F)F)cc2)c2cc(Cl)cc(Cl)c2)cc1. The highest BCUT2D eigenvalue weighted by Crippen LogP contribution is 2.31. The van der Waals surface area contributed by atoms with Crippen LogP contribution in [0.3, 0.4) is 0 Å². The van der Waals surface area contributed by atoms with Crippen LogP contribution >= 0.6 is 23.2 Å². The third-order valence-corrected chi connectivity index (χ3v) is 6.75. The number of hydrogen-bond acceptors (Lipinski definition) is 3. The van der Waals surface area contributed by atoms with Gasteiger partial charge in [0.05, 0.1) is 16.1 Å².